The zero-order chi connectivity index (χ0) is 20.6. The van der Waals surface area contributed by atoms with Crippen molar-refractivity contribution in [3.05, 3.63) is 65.0 Å². The van der Waals surface area contributed by atoms with Crippen LogP contribution in [-0.2, 0) is 0 Å². The summed E-state index contributed by atoms with van der Waals surface area (Å²) in [6, 6.07) is 3.30. The van der Waals surface area contributed by atoms with Crippen LogP contribution < -0.4 is 16.9 Å². The largest absolute Gasteiger partial charge is 0.477 e. The molecule has 0 saturated carbocycles. The molecule has 144 valence electrons. The summed E-state index contributed by atoms with van der Waals surface area (Å²) in [5.74, 6) is -1.73. The summed E-state index contributed by atoms with van der Waals surface area (Å²) in [7, 11) is 0. The van der Waals surface area contributed by atoms with E-state index in [4.69, 9.17) is 34.0 Å². The summed E-state index contributed by atoms with van der Waals surface area (Å²) in [6.45, 7) is 0. The van der Waals surface area contributed by atoms with E-state index in [-0.39, 0.29) is 36.3 Å². The molecule has 0 spiro atoms. The van der Waals surface area contributed by atoms with Gasteiger partial charge >= 0.3 is 5.97 Å². The van der Waals surface area contributed by atoms with Gasteiger partial charge in [0.05, 0.1) is 20.8 Å². The fourth-order valence-electron chi connectivity index (χ4n) is 2.34. The Morgan fingerprint density at radius 1 is 0.893 bits per heavy atom. The maximum atomic E-state index is 11.4. The molecule has 28 heavy (non-hydrogen) atoms. The first-order valence-corrected chi connectivity index (χ1v) is 9.73. The number of amides is 1. The van der Waals surface area contributed by atoms with Crippen molar-refractivity contribution in [1.82, 2.24) is 9.97 Å². The fraction of sp³-hybridized carbons (Fsp3) is 0. The van der Waals surface area contributed by atoms with Crippen molar-refractivity contribution < 1.29 is 14.7 Å². The molecule has 0 aliphatic heterocycles. The second-order valence-electron chi connectivity index (χ2n) is 5.25. The highest BCUT2D eigenvalue weighted by molar-refractivity contribution is 7.22. The Hall–Kier alpha value is -2.66. The average Bonchev–Trinajstić information content (AvgIpc) is 3.15. The topological polar surface area (TPSA) is 146 Å². The molecule has 4 rings (SSSR count). The van der Waals surface area contributed by atoms with E-state index in [1.54, 1.807) is 12.1 Å². The van der Waals surface area contributed by atoms with Crippen LogP contribution in [0.3, 0.4) is 0 Å². The highest BCUT2D eigenvalue weighted by Gasteiger charge is 2.18. The maximum Gasteiger partial charge on any atom is 0.347 e. The van der Waals surface area contributed by atoms with Crippen LogP contribution in [0.2, 0.25) is 10.0 Å². The number of aromatic nitrogens is 2. The maximum absolute atomic E-state index is 11.4. The number of rotatable bonds is 2. The Balaban J connectivity index is 0.000000161. The van der Waals surface area contributed by atoms with E-state index in [2.05, 4.69) is 9.97 Å². The number of carboxylic acids is 1. The summed E-state index contributed by atoms with van der Waals surface area (Å²) in [5, 5.41) is 9.50. The van der Waals surface area contributed by atoms with Gasteiger partial charge in [0.2, 0.25) is 0 Å². The number of carbonyl (C=O) groups is 2. The fourth-order valence-corrected chi connectivity index (χ4v) is 5.11. The number of halogens is 2. The molecule has 4 heterocycles. The Bertz CT molecular complexity index is 1250. The van der Waals surface area contributed by atoms with Gasteiger partial charge in [-0.25, -0.2) is 4.79 Å². The number of hydrogen-bond donors (Lipinski definition) is 4. The van der Waals surface area contributed by atoms with Crippen molar-refractivity contribution in [2.75, 3.05) is 0 Å². The summed E-state index contributed by atoms with van der Waals surface area (Å²) in [5.41, 5.74) is 4.43. The lowest BCUT2D eigenvalue weighted by Crippen LogP contribution is -2.09. The number of carboxylic acid groups (broad SMARTS) is 1. The third kappa shape index (κ3) is 3.54. The quantitative estimate of drug-likeness (QED) is 0.364. The van der Waals surface area contributed by atoms with Crippen molar-refractivity contribution in [2.24, 2.45) is 5.73 Å². The number of aromatic carboxylic acids is 1. The molecule has 0 radical (unpaired) electrons. The molecular weight excluding hydrogens is 449 g/mol. The van der Waals surface area contributed by atoms with Crippen molar-refractivity contribution in [2.45, 2.75) is 0 Å². The molecular formula is C16H9Cl2N3O5S2. The van der Waals surface area contributed by atoms with Crippen LogP contribution in [0.15, 0.2) is 34.1 Å². The third-order valence-corrected chi connectivity index (χ3v) is 6.82. The number of carbonyl (C=O) groups excluding carboxylic acids is 1. The van der Waals surface area contributed by atoms with E-state index >= 15 is 0 Å². The van der Waals surface area contributed by atoms with E-state index in [1.165, 1.54) is 12.4 Å². The number of aromatic amines is 2. The molecule has 4 aromatic heterocycles. The summed E-state index contributed by atoms with van der Waals surface area (Å²) in [4.78, 5) is 49.5. The van der Waals surface area contributed by atoms with Gasteiger partial charge < -0.3 is 20.8 Å². The molecule has 0 saturated heterocycles. The lowest BCUT2D eigenvalue weighted by atomic mass is 10.3. The normalized spacial score (nSPS) is 10.6. The Labute approximate surface area is 173 Å². The van der Waals surface area contributed by atoms with Crippen LogP contribution in [-0.4, -0.2) is 27.0 Å². The minimum Gasteiger partial charge on any atom is -0.477 e. The number of nitrogens with one attached hydrogen (secondary N) is 2. The first kappa shape index (κ1) is 20.1. The highest BCUT2D eigenvalue weighted by Crippen LogP contribution is 2.33. The smallest absolute Gasteiger partial charge is 0.347 e. The molecule has 12 heteroatoms. The van der Waals surface area contributed by atoms with Crippen LogP contribution in [0, 0.1) is 0 Å². The first-order valence-electron chi connectivity index (χ1n) is 7.34. The molecule has 4 aromatic rings. The summed E-state index contributed by atoms with van der Waals surface area (Å²) in [6.07, 6.45) is 2.96. The van der Waals surface area contributed by atoms with Crippen LogP contribution in [0.5, 0.6) is 0 Å². The molecule has 0 bridgehead atoms. The van der Waals surface area contributed by atoms with Gasteiger partial charge in [-0.2, -0.15) is 0 Å². The van der Waals surface area contributed by atoms with Crippen LogP contribution >= 0.6 is 45.9 Å². The zero-order valence-corrected chi connectivity index (χ0v) is 16.7. The number of pyridine rings is 2. The highest BCUT2D eigenvalue weighted by atomic mass is 35.5. The molecule has 8 nitrogen and oxygen atoms in total. The molecule has 0 aliphatic carbocycles. The van der Waals surface area contributed by atoms with E-state index < -0.39 is 11.9 Å². The van der Waals surface area contributed by atoms with Gasteiger partial charge in [-0.05, 0) is 12.1 Å². The Morgan fingerprint density at radius 3 is 1.71 bits per heavy atom. The minimum absolute atomic E-state index is 0.00151. The Morgan fingerprint density at radius 2 is 1.32 bits per heavy atom. The number of nitrogens with two attached hydrogens (primary N) is 1. The molecule has 0 aromatic carbocycles. The van der Waals surface area contributed by atoms with Crippen LogP contribution in [0.1, 0.15) is 19.3 Å². The van der Waals surface area contributed by atoms with Crippen molar-refractivity contribution in [3.8, 4) is 0 Å². The van der Waals surface area contributed by atoms with E-state index in [9.17, 15) is 19.2 Å². The molecule has 5 N–H and O–H groups in total. The van der Waals surface area contributed by atoms with Gasteiger partial charge in [0.1, 0.15) is 9.75 Å². The lowest BCUT2D eigenvalue weighted by molar-refractivity contribution is 0.0702. The van der Waals surface area contributed by atoms with Gasteiger partial charge in [-0.15, -0.1) is 22.7 Å². The molecule has 0 fully saturated rings. The van der Waals surface area contributed by atoms with E-state index in [1.807, 2.05) is 0 Å². The van der Waals surface area contributed by atoms with Gasteiger partial charge in [-0.1, -0.05) is 23.2 Å². The SMILES string of the molecule is NC(=O)c1sc2cc[nH]c(=O)c2c1Cl.O=C(O)c1sc2cc[nH]c(=O)c2c1Cl. The number of primary amides is 1. The Kier molecular flexibility index (Phi) is 5.57. The molecule has 0 aliphatic rings. The van der Waals surface area contributed by atoms with Crippen LogP contribution in [0.25, 0.3) is 20.2 Å². The summed E-state index contributed by atoms with van der Waals surface area (Å²) >= 11 is 13.7. The van der Waals surface area contributed by atoms with Crippen molar-refractivity contribution in [3.63, 3.8) is 0 Å². The second-order valence-corrected chi connectivity index (χ2v) is 8.11. The average molecular weight is 458 g/mol. The zero-order valence-electron chi connectivity index (χ0n) is 13.5. The molecule has 1 amide bonds. The minimum atomic E-state index is -1.12. The predicted octanol–water partition coefficient (Wildman–Crippen LogP) is 3.28. The van der Waals surface area contributed by atoms with Crippen molar-refractivity contribution in [1.29, 1.82) is 0 Å². The van der Waals surface area contributed by atoms with Crippen LogP contribution in [0.4, 0.5) is 0 Å². The molecule has 0 atom stereocenters. The first-order chi connectivity index (χ1) is 13.2. The van der Waals surface area contributed by atoms with Gasteiger partial charge in [-0.3, -0.25) is 14.4 Å². The standard InChI is InChI=1S/C8H5ClN2O2S.C8H4ClNO3S/c9-5-4-3(1-2-11-8(4)13)14-6(5)7(10)12;9-5-4-3(1-2-10-7(4)11)14-6(5)8(12)13/h1-2H,(H2,10,12)(H,11,13);1-2H,(H,10,11)(H,12,13). The van der Waals surface area contributed by atoms with Gasteiger partial charge in [0, 0.05) is 21.8 Å². The van der Waals surface area contributed by atoms with E-state index in [0.29, 0.717) is 14.8 Å². The summed E-state index contributed by atoms with van der Waals surface area (Å²) < 4.78 is 1.24. The predicted molar refractivity (Wildman–Crippen MR) is 110 cm³/mol. The number of H-pyrrole nitrogens is 2. The monoisotopic (exact) mass is 457 g/mol. The van der Waals surface area contributed by atoms with Crippen molar-refractivity contribution >= 4 is 77.9 Å². The number of fused-ring (bicyclic) bond motifs is 2. The number of hydrogen-bond acceptors (Lipinski definition) is 6. The second kappa shape index (κ2) is 7.76. The van der Waals surface area contributed by atoms with Gasteiger partial charge in [0.25, 0.3) is 17.0 Å². The lowest BCUT2D eigenvalue weighted by Gasteiger charge is -1.88. The number of thiophene rings is 2. The van der Waals surface area contributed by atoms with E-state index in [0.717, 1.165) is 22.7 Å². The third-order valence-electron chi connectivity index (χ3n) is 3.52. The van der Waals surface area contributed by atoms with Gasteiger partial charge in [0.15, 0.2) is 0 Å². The molecule has 0 unspecified atom stereocenters.